The summed E-state index contributed by atoms with van der Waals surface area (Å²) in [6.07, 6.45) is 4.35. The summed E-state index contributed by atoms with van der Waals surface area (Å²) >= 11 is 0. The van der Waals surface area contributed by atoms with E-state index in [4.69, 9.17) is 4.52 Å². The van der Waals surface area contributed by atoms with Crippen LogP contribution < -0.4 is 10.6 Å². The van der Waals surface area contributed by atoms with Gasteiger partial charge >= 0.3 is 0 Å². The first-order valence-corrected chi connectivity index (χ1v) is 9.42. The van der Waals surface area contributed by atoms with Gasteiger partial charge in [-0.2, -0.15) is 0 Å². The number of fused-ring (bicyclic) bond motifs is 2. The van der Waals surface area contributed by atoms with Gasteiger partial charge in [-0.15, -0.1) is 12.4 Å². The van der Waals surface area contributed by atoms with E-state index >= 15 is 0 Å². The number of hydrogen-bond donors (Lipinski definition) is 2. The lowest BCUT2D eigenvalue weighted by atomic mass is 9.98. The maximum absolute atomic E-state index is 12.5. The summed E-state index contributed by atoms with van der Waals surface area (Å²) in [4.78, 5) is 26.6. The van der Waals surface area contributed by atoms with Gasteiger partial charge in [-0.05, 0) is 25.7 Å². The van der Waals surface area contributed by atoms with Crippen LogP contribution >= 0.6 is 12.4 Å². The van der Waals surface area contributed by atoms with Crippen molar-refractivity contribution < 1.29 is 14.1 Å². The molecule has 7 nitrogen and oxygen atoms in total. The van der Waals surface area contributed by atoms with Crippen LogP contribution in [0.1, 0.15) is 36.2 Å². The van der Waals surface area contributed by atoms with Crippen LogP contribution in [-0.4, -0.2) is 53.6 Å². The van der Waals surface area contributed by atoms with Crippen molar-refractivity contribution in [1.29, 1.82) is 0 Å². The fraction of sp³-hybridized carbons (Fsp3) is 0.450. The Morgan fingerprint density at radius 2 is 1.89 bits per heavy atom. The third-order valence-electron chi connectivity index (χ3n) is 5.59. The molecule has 2 bridgehead atoms. The van der Waals surface area contributed by atoms with Gasteiger partial charge in [-0.3, -0.25) is 9.59 Å². The zero-order valence-electron chi connectivity index (χ0n) is 15.8. The first-order valence-electron chi connectivity index (χ1n) is 9.42. The zero-order chi connectivity index (χ0) is 18.8. The van der Waals surface area contributed by atoms with Crippen molar-refractivity contribution >= 4 is 24.2 Å². The molecule has 2 saturated heterocycles. The van der Waals surface area contributed by atoms with Crippen molar-refractivity contribution in [2.24, 2.45) is 0 Å². The number of carbonyl (C=O) groups excluding carboxylic acids is 2. The van der Waals surface area contributed by atoms with E-state index in [0.717, 1.165) is 18.4 Å². The number of benzene rings is 1. The molecule has 2 N–H and O–H groups in total. The lowest BCUT2D eigenvalue weighted by Crippen LogP contribution is -2.50. The second-order valence-electron chi connectivity index (χ2n) is 7.39. The number of nitrogens with zero attached hydrogens (tertiary/aromatic N) is 2. The highest BCUT2D eigenvalue weighted by molar-refractivity contribution is 5.95. The summed E-state index contributed by atoms with van der Waals surface area (Å²) in [5.41, 5.74) is 1.02. The zero-order valence-corrected chi connectivity index (χ0v) is 16.6. The van der Waals surface area contributed by atoms with Crippen molar-refractivity contribution in [1.82, 2.24) is 20.7 Å². The van der Waals surface area contributed by atoms with Gasteiger partial charge in [0.1, 0.15) is 0 Å². The molecule has 2 unspecified atom stereocenters. The molecule has 2 aliphatic rings. The highest BCUT2D eigenvalue weighted by Crippen LogP contribution is 2.29. The number of likely N-dealkylation sites (N-methyl/N-ethyl adjacent to an activating group) is 1. The van der Waals surface area contributed by atoms with Gasteiger partial charge in [0.25, 0.3) is 5.91 Å². The number of nitrogens with one attached hydrogen (secondary N) is 2. The van der Waals surface area contributed by atoms with E-state index in [9.17, 15) is 9.59 Å². The van der Waals surface area contributed by atoms with E-state index in [1.54, 1.807) is 11.0 Å². The average Bonchev–Trinajstić information content (AvgIpc) is 3.32. The smallest absolute Gasteiger partial charge is 0.273 e. The summed E-state index contributed by atoms with van der Waals surface area (Å²) in [5.74, 6) is 0.0314. The van der Waals surface area contributed by atoms with Crippen molar-refractivity contribution in [2.45, 2.75) is 43.8 Å². The van der Waals surface area contributed by atoms with Crippen LogP contribution in [0.3, 0.4) is 0 Å². The third kappa shape index (κ3) is 4.36. The van der Waals surface area contributed by atoms with E-state index in [1.165, 1.54) is 12.8 Å². The quantitative estimate of drug-likeness (QED) is 0.797. The first kappa shape index (κ1) is 20.4. The monoisotopic (exact) mass is 404 g/mol. The largest absolute Gasteiger partial charge is 0.355 e. The van der Waals surface area contributed by atoms with Crippen LogP contribution in [0.25, 0.3) is 11.3 Å². The Morgan fingerprint density at radius 3 is 2.57 bits per heavy atom. The Labute approximate surface area is 170 Å². The molecule has 1 aromatic heterocycles. The second kappa shape index (κ2) is 8.75. The van der Waals surface area contributed by atoms with Gasteiger partial charge in [0.2, 0.25) is 5.91 Å². The van der Waals surface area contributed by atoms with Crippen LogP contribution in [0.2, 0.25) is 0 Å². The van der Waals surface area contributed by atoms with Crippen LogP contribution in [-0.2, 0) is 4.79 Å². The molecule has 2 atom stereocenters. The number of amides is 2. The minimum Gasteiger partial charge on any atom is -0.355 e. The molecule has 0 spiro atoms. The molecule has 2 aromatic rings. The standard InChI is InChI=1S/C20H24N4O3.ClH/c1-24(16-9-14-7-8-15(10-16)22-14)19(25)12-21-20(26)17-11-18(27-23-17)13-5-3-2-4-6-13;/h2-6,11,14-16,22H,7-10,12H2,1H3,(H,21,26);1H. The number of piperidine rings is 1. The average molecular weight is 405 g/mol. The predicted molar refractivity (Wildman–Crippen MR) is 107 cm³/mol. The van der Waals surface area contributed by atoms with Crippen LogP contribution in [0.15, 0.2) is 40.9 Å². The topological polar surface area (TPSA) is 87.5 Å². The molecule has 2 fully saturated rings. The van der Waals surface area contributed by atoms with Gasteiger partial charge < -0.3 is 20.1 Å². The Balaban J connectivity index is 0.00000225. The van der Waals surface area contributed by atoms with Crippen LogP contribution in [0, 0.1) is 0 Å². The molecule has 150 valence electrons. The number of halogens is 1. The summed E-state index contributed by atoms with van der Waals surface area (Å²) in [6, 6.07) is 12.3. The normalized spacial score (nSPS) is 23.0. The molecule has 3 heterocycles. The lowest BCUT2D eigenvalue weighted by molar-refractivity contribution is -0.131. The van der Waals surface area contributed by atoms with Gasteiger partial charge in [0.05, 0.1) is 6.54 Å². The van der Waals surface area contributed by atoms with Gasteiger partial charge in [-0.1, -0.05) is 35.5 Å². The molecular weight excluding hydrogens is 380 g/mol. The molecule has 28 heavy (non-hydrogen) atoms. The molecule has 0 saturated carbocycles. The fourth-order valence-corrected chi connectivity index (χ4v) is 4.04. The predicted octanol–water partition coefficient (Wildman–Crippen LogP) is 2.23. The summed E-state index contributed by atoms with van der Waals surface area (Å²) < 4.78 is 5.24. The summed E-state index contributed by atoms with van der Waals surface area (Å²) in [6.45, 7) is -0.0396. The maximum Gasteiger partial charge on any atom is 0.273 e. The summed E-state index contributed by atoms with van der Waals surface area (Å²) in [7, 11) is 1.83. The summed E-state index contributed by atoms with van der Waals surface area (Å²) in [5, 5.41) is 10.0. The Morgan fingerprint density at radius 1 is 1.21 bits per heavy atom. The number of hydrogen-bond acceptors (Lipinski definition) is 5. The third-order valence-corrected chi connectivity index (χ3v) is 5.59. The van der Waals surface area contributed by atoms with Crippen molar-refractivity contribution in [2.75, 3.05) is 13.6 Å². The Bertz CT molecular complexity index is 814. The van der Waals surface area contributed by atoms with Crippen molar-refractivity contribution in [3.05, 3.63) is 42.1 Å². The molecule has 1 aromatic carbocycles. The molecule has 2 amide bonds. The first-order chi connectivity index (χ1) is 13.1. The molecular formula is C20H25ClN4O3. The Hall–Kier alpha value is -2.38. The molecule has 4 rings (SSSR count). The lowest BCUT2D eigenvalue weighted by Gasteiger charge is -2.35. The number of carbonyl (C=O) groups is 2. The molecule has 0 radical (unpaired) electrons. The Kier molecular flexibility index (Phi) is 6.36. The maximum atomic E-state index is 12.5. The van der Waals surface area contributed by atoms with E-state index in [2.05, 4.69) is 15.8 Å². The van der Waals surface area contributed by atoms with Gasteiger partial charge in [0.15, 0.2) is 11.5 Å². The highest BCUT2D eigenvalue weighted by atomic mass is 35.5. The molecule has 0 aliphatic carbocycles. The van der Waals surface area contributed by atoms with E-state index in [1.807, 2.05) is 37.4 Å². The second-order valence-corrected chi connectivity index (χ2v) is 7.39. The number of aromatic nitrogens is 1. The van der Waals surface area contributed by atoms with Crippen LogP contribution in [0.4, 0.5) is 0 Å². The van der Waals surface area contributed by atoms with E-state index < -0.39 is 5.91 Å². The minimum atomic E-state index is -0.409. The van der Waals surface area contributed by atoms with Gasteiger partial charge in [0, 0.05) is 36.8 Å². The van der Waals surface area contributed by atoms with Crippen LogP contribution in [0.5, 0.6) is 0 Å². The molecule has 2 aliphatic heterocycles. The fourth-order valence-electron chi connectivity index (χ4n) is 4.04. The van der Waals surface area contributed by atoms with Crippen molar-refractivity contribution in [3.63, 3.8) is 0 Å². The van der Waals surface area contributed by atoms with E-state index in [0.29, 0.717) is 17.8 Å². The number of rotatable bonds is 5. The van der Waals surface area contributed by atoms with E-state index in [-0.39, 0.29) is 36.6 Å². The highest BCUT2D eigenvalue weighted by Gasteiger charge is 2.36. The van der Waals surface area contributed by atoms with Gasteiger partial charge in [-0.25, -0.2) is 0 Å². The molecule has 8 heteroatoms. The van der Waals surface area contributed by atoms with Crippen molar-refractivity contribution in [3.8, 4) is 11.3 Å². The minimum absolute atomic E-state index is 0. The SMILES string of the molecule is CN(C(=O)CNC(=O)c1cc(-c2ccccc2)on1)C1CC2CCC(C1)N2.Cl.